The molecule has 1 aliphatic heterocycles. The molecule has 5 nitrogen and oxygen atoms in total. The molecule has 0 bridgehead atoms. The Morgan fingerprint density at radius 1 is 1.29 bits per heavy atom. The summed E-state index contributed by atoms with van der Waals surface area (Å²) in [5.74, 6) is 0.790. The van der Waals surface area contributed by atoms with Crippen LogP contribution in [-0.2, 0) is 9.53 Å². The van der Waals surface area contributed by atoms with E-state index < -0.39 is 0 Å². The van der Waals surface area contributed by atoms with Crippen molar-refractivity contribution >= 4 is 11.6 Å². The molecule has 1 fully saturated rings. The summed E-state index contributed by atoms with van der Waals surface area (Å²) in [6.45, 7) is 5.07. The fourth-order valence-corrected chi connectivity index (χ4v) is 2.31. The second-order valence-corrected chi connectivity index (χ2v) is 5.08. The number of hydrogen-bond acceptors (Lipinski definition) is 4. The Morgan fingerprint density at radius 3 is 2.67 bits per heavy atom. The Labute approximate surface area is 126 Å². The number of carbonyl (C=O) groups excluding carboxylic acids is 1. The molecule has 1 aromatic carbocycles. The summed E-state index contributed by atoms with van der Waals surface area (Å²) < 4.78 is 11.1. The van der Waals surface area contributed by atoms with Gasteiger partial charge in [-0.2, -0.15) is 0 Å². The maximum Gasteiger partial charge on any atom is 0.226 e. The highest BCUT2D eigenvalue weighted by atomic mass is 16.5. The van der Waals surface area contributed by atoms with Crippen LogP contribution in [0.1, 0.15) is 26.2 Å². The molecule has 0 aliphatic carbocycles. The van der Waals surface area contributed by atoms with Gasteiger partial charge in [0.2, 0.25) is 5.91 Å². The summed E-state index contributed by atoms with van der Waals surface area (Å²) in [5, 5.41) is 6.15. The molecule has 5 heteroatoms. The molecule has 1 amide bonds. The number of amides is 1. The summed E-state index contributed by atoms with van der Waals surface area (Å²) in [5.41, 5.74) is 0.783. The molecule has 2 rings (SSSR count). The van der Waals surface area contributed by atoms with Gasteiger partial charge in [0.05, 0.1) is 25.7 Å². The minimum atomic E-state index is -0.0203. The van der Waals surface area contributed by atoms with E-state index in [9.17, 15) is 4.79 Å². The van der Waals surface area contributed by atoms with Crippen molar-refractivity contribution in [2.75, 3.05) is 31.6 Å². The van der Waals surface area contributed by atoms with Crippen LogP contribution in [0, 0.1) is 0 Å². The summed E-state index contributed by atoms with van der Waals surface area (Å²) in [4.78, 5) is 11.8. The van der Waals surface area contributed by atoms with Crippen molar-refractivity contribution in [3.8, 4) is 5.75 Å². The maximum absolute atomic E-state index is 11.8. The zero-order valence-electron chi connectivity index (χ0n) is 12.6. The molecule has 116 valence electrons. The van der Waals surface area contributed by atoms with Gasteiger partial charge in [0.1, 0.15) is 5.75 Å². The summed E-state index contributed by atoms with van der Waals surface area (Å²) >= 11 is 0. The molecular formula is C16H24N2O3. The zero-order valence-corrected chi connectivity index (χ0v) is 12.6. The Bertz CT molecular complexity index is 428. The van der Waals surface area contributed by atoms with Gasteiger partial charge in [-0.15, -0.1) is 0 Å². The van der Waals surface area contributed by atoms with Gasteiger partial charge in [-0.25, -0.2) is 0 Å². The van der Waals surface area contributed by atoms with Crippen molar-refractivity contribution in [1.29, 1.82) is 0 Å². The Kier molecular flexibility index (Phi) is 6.50. The van der Waals surface area contributed by atoms with E-state index in [1.54, 1.807) is 0 Å². The molecule has 2 N–H and O–H groups in total. The van der Waals surface area contributed by atoms with Gasteiger partial charge in [0.25, 0.3) is 0 Å². The van der Waals surface area contributed by atoms with E-state index in [1.165, 1.54) is 0 Å². The first-order valence-corrected chi connectivity index (χ1v) is 7.63. The minimum absolute atomic E-state index is 0.0203. The third kappa shape index (κ3) is 5.73. The van der Waals surface area contributed by atoms with Crippen molar-refractivity contribution < 1.29 is 14.3 Å². The summed E-state index contributed by atoms with van der Waals surface area (Å²) in [7, 11) is 0. The molecule has 1 saturated heterocycles. The van der Waals surface area contributed by atoms with E-state index in [-0.39, 0.29) is 5.91 Å². The normalized spacial score (nSPS) is 15.7. The van der Waals surface area contributed by atoms with Crippen molar-refractivity contribution in [2.24, 2.45) is 0 Å². The fourth-order valence-electron chi connectivity index (χ4n) is 2.31. The van der Waals surface area contributed by atoms with Gasteiger partial charge in [0.15, 0.2) is 0 Å². The van der Waals surface area contributed by atoms with Crippen LogP contribution in [0.4, 0.5) is 5.69 Å². The lowest BCUT2D eigenvalue weighted by molar-refractivity contribution is -0.117. The Hall–Kier alpha value is -1.59. The van der Waals surface area contributed by atoms with Gasteiger partial charge >= 0.3 is 0 Å². The largest absolute Gasteiger partial charge is 0.494 e. The highest BCUT2D eigenvalue weighted by Gasteiger charge is 2.13. The third-order valence-corrected chi connectivity index (χ3v) is 3.42. The molecule has 1 aromatic rings. The van der Waals surface area contributed by atoms with Crippen LogP contribution < -0.4 is 15.4 Å². The van der Waals surface area contributed by atoms with Crippen LogP contribution in [0.2, 0.25) is 0 Å². The number of carbonyl (C=O) groups is 1. The molecule has 0 unspecified atom stereocenters. The number of nitrogens with one attached hydrogen (secondary N) is 2. The van der Waals surface area contributed by atoms with Crippen LogP contribution in [0.15, 0.2) is 24.3 Å². The second-order valence-electron chi connectivity index (χ2n) is 5.08. The highest BCUT2D eigenvalue weighted by molar-refractivity contribution is 5.90. The van der Waals surface area contributed by atoms with E-state index in [0.717, 1.165) is 37.4 Å². The fraction of sp³-hybridized carbons (Fsp3) is 0.562. The minimum Gasteiger partial charge on any atom is -0.494 e. The predicted molar refractivity (Wildman–Crippen MR) is 82.7 cm³/mol. The molecule has 1 heterocycles. The number of anilines is 1. The first-order valence-electron chi connectivity index (χ1n) is 7.63. The average Bonchev–Trinajstić information content (AvgIpc) is 2.51. The lowest BCUT2D eigenvalue weighted by Gasteiger charge is -2.22. The SMILES string of the molecule is CCOc1ccc(NC(=O)CCOC2CCNCC2)cc1. The lowest BCUT2D eigenvalue weighted by atomic mass is 10.1. The van der Waals surface area contributed by atoms with Gasteiger partial charge in [-0.05, 0) is 57.1 Å². The number of hydrogen-bond donors (Lipinski definition) is 2. The van der Waals surface area contributed by atoms with Crippen LogP contribution >= 0.6 is 0 Å². The van der Waals surface area contributed by atoms with Gasteiger partial charge in [-0.3, -0.25) is 4.79 Å². The molecule has 0 spiro atoms. The van der Waals surface area contributed by atoms with E-state index in [0.29, 0.717) is 25.7 Å². The van der Waals surface area contributed by atoms with Gasteiger partial charge in [0, 0.05) is 5.69 Å². The quantitative estimate of drug-likeness (QED) is 0.808. The lowest BCUT2D eigenvalue weighted by Crippen LogP contribution is -2.33. The number of ether oxygens (including phenoxy) is 2. The zero-order chi connectivity index (χ0) is 14.9. The Balaban J connectivity index is 1.66. The molecule has 0 saturated carbocycles. The number of rotatable bonds is 7. The molecule has 21 heavy (non-hydrogen) atoms. The van der Waals surface area contributed by atoms with E-state index in [1.807, 2.05) is 31.2 Å². The van der Waals surface area contributed by atoms with Crippen LogP contribution in [0.3, 0.4) is 0 Å². The molecule has 0 radical (unpaired) electrons. The van der Waals surface area contributed by atoms with Crippen molar-refractivity contribution in [1.82, 2.24) is 5.32 Å². The third-order valence-electron chi connectivity index (χ3n) is 3.42. The first-order chi connectivity index (χ1) is 10.3. The predicted octanol–water partition coefficient (Wildman–Crippen LogP) is 2.18. The summed E-state index contributed by atoms with van der Waals surface area (Å²) in [6, 6.07) is 7.39. The molecule has 1 aliphatic rings. The smallest absolute Gasteiger partial charge is 0.226 e. The standard InChI is InChI=1S/C16H24N2O3/c1-2-20-14-5-3-13(4-6-14)18-16(19)9-12-21-15-7-10-17-11-8-15/h3-6,15,17H,2,7-12H2,1H3,(H,18,19). The highest BCUT2D eigenvalue weighted by Crippen LogP contribution is 2.15. The molecular weight excluding hydrogens is 268 g/mol. The first kappa shape index (κ1) is 15.8. The number of piperidine rings is 1. The van der Waals surface area contributed by atoms with Gasteiger partial charge in [-0.1, -0.05) is 0 Å². The van der Waals surface area contributed by atoms with Crippen molar-refractivity contribution in [3.63, 3.8) is 0 Å². The van der Waals surface area contributed by atoms with Crippen LogP contribution in [0.5, 0.6) is 5.75 Å². The van der Waals surface area contributed by atoms with Crippen molar-refractivity contribution in [2.45, 2.75) is 32.3 Å². The monoisotopic (exact) mass is 292 g/mol. The molecule has 0 aromatic heterocycles. The average molecular weight is 292 g/mol. The second kappa shape index (κ2) is 8.64. The molecule has 0 atom stereocenters. The van der Waals surface area contributed by atoms with Crippen LogP contribution in [0.25, 0.3) is 0 Å². The summed E-state index contributed by atoms with van der Waals surface area (Å²) in [6.07, 6.45) is 2.74. The topological polar surface area (TPSA) is 59.6 Å². The van der Waals surface area contributed by atoms with Gasteiger partial charge < -0.3 is 20.1 Å². The maximum atomic E-state index is 11.8. The Morgan fingerprint density at radius 2 is 2.00 bits per heavy atom. The number of benzene rings is 1. The van der Waals surface area contributed by atoms with E-state index in [2.05, 4.69) is 10.6 Å². The van der Waals surface area contributed by atoms with E-state index >= 15 is 0 Å². The van der Waals surface area contributed by atoms with Crippen molar-refractivity contribution in [3.05, 3.63) is 24.3 Å². The van der Waals surface area contributed by atoms with E-state index in [4.69, 9.17) is 9.47 Å². The van der Waals surface area contributed by atoms with Crippen LogP contribution in [-0.4, -0.2) is 38.3 Å².